The Kier molecular flexibility index (Phi) is 7.34. The van der Waals surface area contributed by atoms with Gasteiger partial charge in [0.05, 0.1) is 5.52 Å². The summed E-state index contributed by atoms with van der Waals surface area (Å²) in [4.78, 5) is 36.7. The van der Waals surface area contributed by atoms with Crippen molar-refractivity contribution in [3.8, 4) is 0 Å². The Hall–Kier alpha value is -3.45. The van der Waals surface area contributed by atoms with Crippen molar-refractivity contribution >= 4 is 22.7 Å². The number of para-hydroxylation sites is 1. The van der Waals surface area contributed by atoms with E-state index >= 15 is 0 Å². The van der Waals surface area contributed by atoms with Gasteiger partial charge in [-0.25, -0.2) is 5.48 Å². The van der Waals surface area contributed by atoms with E-state index in [9.17, 15) is 14.4 Å². The van der Waals surface area contributed by atoms with E-state index in [1.54, 1.807) is 23.8 Å². The molecule has 0 saturated heterocycles. The second-order valence-corrected chi connectivity index (χ2v) is 7.10. The average Bonchev–Trinajstić information content (AvgIpc) is 2.79. The Bertz CT molecular complexity index is 1080. The van der Waals surface area contributed by atoms with E-state index in [-0.39, 0.29) is 17.4 Å². The number of nitrogens with one attached hydrogen (secondary N) is 2. The van der Waals surface area contributed by atoms with Gasteiger partial charge in [-0.3, -0.25) is 19.6 Å². The molecule has 0 aliphatic carbocycles. The predicted octanol–water partition coefficient (Wildman–Crippen LogP) is 3.00. The summed E-state index contributed by atoms with van der Waals surface area (Å²) in [7, 11) is 0. The molecule has 0 fully saturated rings. The summed E-state index contributed by atoms with van der Waals surface area (Å²) in [6.45, 7) is 0.958. The van der Waals surface area contributed by atoms with Gasteiger partial charge in [0.25, 0.3) is 5.91 Å². The van der Waals surface area contributed by atoms with Gasteiger partial charge in [0.2, 0.25) is 11.3 Å². The standard InChI is InChI=1S/C23H25N3O4/c27-21(25-30)13-5-2-8-14-26-16-19(22(28)18-11-6-7-12-20(18)26)23(29)24-15-17-9-3-1-4-10-17/h1,3-4,6-7,9-12,16,30H,2,5,8,13-15H2,(H,24,29)(H,25,27). The largest absolute Gasteiger partial charge is 0.348 e. The molecule has 7 heteroatoms. The molecule has 2 amide bonds. The molecule has 0 saturated carbocycles. The number of carbonyl (C=O) groups is 2. The van der Waals surface area contributed by atoms with Crippen LogP contribution in [0.15, 0.2) is 65.6 Å². The van der Waals surface area contributed by atoms with Crippen molar-refractivity contribution in [3.63, 3.8) is 0 Å². The average molecular weight is 407 g/mol. The van der Waals surface area contributed by atoms with Crippen LogP contribution in [0.3, 0.4) is 0 Å². The lowest BCUT2D eigenvalue weighted by Gasteiger charge is -2.13. The minimum atomic E-state index is -0.402. The summed E-state index contributed by atoms with van der Waals surface area (Å²) >= 11 is 0. The van der Waals surface area contributed by atoms with E-state index in [0.29, 0.717) is 24.9 Å². The lowest BCUT2D eigenvalue weighted by atomic mass is 10.1. The van der Waals surface area contributed by atoms with Gasteiger partial charge in [0.15, 0.2) is 0 Å². The third-order valence-corrected chi connectivity index (χ3v) is 4.96. The number of hydrogen-bond acceptors (Lipinski definition) is 4. The van der Waals surface area contributed by atoms with Crippen LogP contribution in [0.4, 0.5) is 0 Å². The van der Waals surface area contributed by atoms with Crippen LogP contribution in [0.2, 0.25) is 0 Å². The highest BCUT2D eigenvalue weighted by molar-refractivity contribution is 5.97. The zero-order valence-electron chi connectivity index (χ0n) is 16.6. The molecule has 1 aromatic heterocycles. The number of pyridine rings is 1. The van der Waals surface area contributed by atoms with Crippen molar-refractivity contribution in [2.45, 2.75) is 38.8 Å². The summed E-state index contributed by atoms with van der Waals surface area (Å²) in [5.41, 5.74) is 3.18. The smallest absolute Gasteiger partial charge is 0.257 e. The third kappa shape index (κ3) is 5.33. The van der Waals surface area contributed by atoms with Crippen molar-refractivity contribution in [1.29, 1.82) is 0 Å². The number of carbonyl (C=O) groups excluding carboxylic acids is 2. The van der Waals surface area contributed by atoms with Crippen LogP contribution >= 0.6 is 0 Å². The number of rotatable bonds is 9. The highest BCUT2D eigenvalue weighted by atomic mass is 16.5. The highest BCUT2D eigenvalue weighted by Gasteiger charge is 2.15. The second kappa shape index (κ2) is 10.4. The van der Waals surface area contributed by atoms with Crippen LogP contribution < -0.4 is 16.2 Å². The third-order valence-electron chi connectivity index (χ3n) is 4.96. The summed E-state index contributed by atoms with van der Waals surface area (Å²) in [6, 6.07) is 16.8. The van der Waals surface area contributed by atoms with Gasteiger partial charge < -0.3 is 9.88 Å². The number of benzene rings is 2. The van der Waals surface area contributed by atoms with Gasteiger partial charge in [-0.2, -0.15) is 0 Å². The lowest BCUT2D eigenvalue weighted by molar-refractivity contribution is -0.129. The van der Waals surface area contributed by atoms with Crippen molar-refractivity contribution in [2.75, 3.05) is 0 Å². The van der Waals surface area contributed by atoms with Crippen LogP contribution in [0.5, 0.6) is 0 Å². The molecule has 3 aromatic rings. The Morgan fingerprint density at radius 3 is 2.43 bits per heavy atom. The summed E-state index contributed by atoms with van der Waals surface area (Å²) < 4.78 is 1.92. The number of hydrogen-bond donors (Lipinski definition) is 3. The fourth-order valence-corrected chi connectivity index (χ4v) is 3.37. The zero-order chi connectivity index (χ0) is 21.3. The van der Waals surface area contributed by atoms with Gasteiger partial charge in [0.1, 0.15) is 5.56 Å². The fourth-order valence-electron chi connectivity index (χ4n) is 3.37. The number of fused-ring (bicyclic) bond motifs is 1. The maximum Gasteiger partial charge on any atom is 0.257 e. The Morgan fingerprint density at radius 1 is 0.933 bits per heavy atom. The molecule has 1 heterocycles. The minimum Gasteiger partial charge on any atom is -0.348 e. The Balaban J connectivity index is 1.76. The predicted molar refractivity (Wildman–Crippen MR) is 114 cm³/mol. The van der Waals surface area contributed by atoms with Crippen LogP contribution in [0.25, 0.3) is 10.9 Å². The minimum absolute atomic E-state index is 0.115. The molecule has 30 heavy (non-hydrogen) atoms. The number of aromatic nitrogens is 1. The van der Waals surface area contributed by atoms with Gasteiger partial charge in [-0.05, 0) is 30.5 Å². The first-order valence-corrected chi connectivity index (χ1v) is 9.97. The molecule has 0 unspecified atom stereocenters. The van der Waals surface area contributed by atoms with E-state index in [1.807, 2.05) is 47.0 Å². The normalized spacial score (nSPS) is 10.7. The molecule has 156 valence electrons. The van der Waals surface area contributed by atoms with Crippen molar-refractivity contribution in [2.24, 2.45) is 0 Å². The van der Waals surface area contributed by atoms with Gasteiger partial charge in [-0.1, -0.05) is 48.9 Å². The number of hydroxylamine groups is 1. The molecule has 0 atom stereocenters. The van der Waals surface area contributed by atoms with E-state index in [0.717, 1.165) is 23.9 Å². The Morgan fingerprint density at radius 2 is 1.67 bits per heavy atom. The van der Waals surface area contributed by atoms with Crippen LogP contribution in [-0.2, 0) is 17.9 Å². The van der Waals surface area contributed by atoms with Crippen LogP contribution in [-0.4, -0.2) is 21.6 Å². The molecule has 0 aliphatic heterocycles. The molecule has 0 bridgehead atoms. The van der Waals surface area contributed by atoms with E-state index in [4.69, 9.17) is 5.21 Å². The van der Waals surface area contributed by atoms with E-state index in [1.165, 1.54) is 0 Å². The summed E-state index contributed by atoms with van der Waals surface area (Å²) in [6.07, 6.45) is 4.08. The monoisotopic (exact) mass is 407 g/mol. The van der Waals surface area contributed by atoms with Gasteiger partial charge in [-0.15, -0.1) is 0 Å². The molecule has 7 nitrogen and oxygen atoms in total. The molecule has 0 radical (unpaired) electrons. The van der Waals surface area contributed by atoms with Crippen molar-refractivity contribution < 1.29 is 14.8 Å². The zero-order valence-corrected chi connectivity index (χ0v) is 16.6. The highest BCUT2D eigenvalue weighted by Crippen LogP contribution is 2.14. The van der Waals surface area contributed by atoms with Gasteiger partial charge >= 0.3 is 0 Å². The second-order valence-electron chi connectivity index (χ2n) is 7.10. The molecule has 3 N–H and O–H groups in total. The number of nitrogens with zero attached hydrogens (tertiary/aromatic N) is 1. The van der Waals surface area contributed by atoms with Crippen LogP contribution in [0.1, 0.15) is 41.6 Å². The number of amides is 2. The topological polar surface area (TPSA) is 100 Å². The SMILES string of the molecule is O=C(CCCCCn1cc(C(=O)NCc2ccccc2)c(=O)c2ccccc21)NO. The number of aryl methyl sites for hydroxylation is 1. The van der Waals surface area contributed by atoms with Gasteiger partial charge in [0, 0.05) is 31.1 Å². The molecule has 3 rings (SSSR count). The molecular weight excluding hydrogens is 382 g/mol. The van der Waals surface area contributed by atoms with Crippen molar-refractivity contribution in [1.82, 2.24) is 15.4 Å². The van der Waals surface area contributed by atoms with Crippen molar-refractivity contribution in [3.05, 3.63) is 82.1 Å². The summed E-state index contributed by atoms with van der Waals surface area (Å²) in [5, 5.41) is 11.9. The summed E-state index contributed by atoms with van der Waals surface area (Å²) in [5.74, 6) is -0.802. The number of unbranched alkanes of at least 4 members (excludes halogenated alkanes) is 2. The molecular formula is C23H25N3O4. The quantitative estimate of drug-likeness (QED) is 0.288. The maximum absolute atomic E-state index is 12.9. The maximum atomic E-state index is 12.9. The molecule has 0 aliphatic rings. The fraction of sp³-hybridized carbons (Fsp3) is 0.261. The first-order chi connectivity index (χ1) is 14.6. The van der Waals surface area contributed by atoms with E-state index < -0.39 is 11.8 Å². The van der Waals surface area contributed by atoms with E-state index in [2.05, 4.69) is 5.32 Å². The molecule has 0 spiro atoms. The first-order valence-electron chi connectivity index (χ1n) is 9.97. The Labute approximate surface area is 174 Å². The lowest BCUT2D eigenvalue weighted by Crippen LogP contribution is -2.29. The van der Waals surface area contributed by atoms with Crippen LogP contribution in [0, 0.1) is 0 Å². The molecule has 2 aromatic carbocycles. The first kappa shape index (κ1) is 21.3.